The van der Waals surface area contributed by atoms with Crippen LogP contribution in [-0.2, 0) is 6.42 Å². The number of halogens is 3. The van der Waals surface area contributed by atoms with Gasteiger partial charge in [0.15, 0.2) is 0 Å². The average molecular weight is 374 g/mol. The Morgan fingerprint density at radius 3 is 1.95 bits per heavy atom. The van der Waals surface area contributed by atoms with Crippen LogP contribution in [0.2, 0.25) is 0 Å². The van der Waals surface area contributed by atoms with Crippen molar-refractivity contribution in [2.24, 2.45) is 0 Å². The van der Waals surface area contributed by atoms with Gasteiger partial charge in [-0.15, -0.1) is 0 Å². The number of hydrogen-bond donors (Lipinski definition) is 1. The number of hydrogen-bond acceptors (Lipinski definition) is 1. The van der Waals surface area contributed by atoms with Crippen LogP contribution in [0.5, 0.6) is 0 Å². The Morgan fingerprint density at radius 2 is 1.42 bits per heavy atom. The van der Waals surface area contributed by atoms with Gasteiger partial charge in [0.25, 0.3) is 6.43 Å². The zero-order chi connectivity index (χ0) is 13.8. The van der Waals surface area contributed by atoms with E-state index in [0.29, 0.717) is 12.0 Å². The van der Waals surface area contributed by atoms with Gasteiger partial charge < -0.3 is 5.11 Å². The molecule has 2 aromatic carbocycles. The highest BCUT2D eigenvalue weighted by molar-refractivity contribution is 14.1. The lowest BCUT2D eigenvalue weighted by atomic mass is 10.0. The molecule has 0 aliphatic rings. The van der Waals surface area contributed by atoms with Crippen LogP contribution in [0, 0.1) is 3.57 Å². The SMILES string of the molecule is OC(Cc1ccc(I)cc1)c1ccc(C(F)F)cc1. The molecule has 0 bridgehead atoms. The van der Waals surface area contributed by atoms with Crippen molar-refractivity contribution in [2.75, 3.05) is 0 Å². The summed E-state index contributed by atoms with van der Waals surface area (Å²) in [6.07, 6.45) is -2.67. The second-order valence-electron chi connectivity index (χ2n) is 4.31. The molecular formula is C15H13F2IO. The van der Waals surface area contributed by atoms with Crippen molar-refractivity contribution in [3.05, 3.63) is 68.8 Å². The van der Waals surface area contributed by atoms with Crippen molar-refractivity contribution in [2.45, 2.75) is 19.0 Å². The highest BCUT2D eigenvalue weighted by Crippen LogP contribution is 2.23. The van der Waals surface area contributed by atoms with E-state index in [0.717, 1.165) is 9.13 Å². The summed E-state index contributed by atoms with van der Waals surface area (Å²) in [6.45, 7) is 0. The molecule has 1 N–H and O–H groups in total. The summed E-state index contributed by atoms with van der Waals surface area (Å²) in [7, 11) is 0. The molecule has 1 nitrogen and oxygen atoms in total. The molecule has 2 aromatic rings. The van der Waals surface area contributed by atoms with Crippen molar-refractivity contribution < 1.29 is 13.9 Å². The minimum absolute atomic E-state index is 0.0229. The van der Waals surface area contributed by atoms with Crippen molar-refractivity contribution in [3.63, 3.8) is 0 Å². The first-order valence-electron chi connectivity index (χ1n) is 5.87. The number of aliphatic hydroxyl groups is 1. The molecule has 19 heavy (non-hydrogen) atoms. The summed E-state index contributed by atoms with van der Waals surface area (Å²) < 4.78 is 26.0. The fourth-order valence-corrected chi connectivity index (χ4v) is 2.18. The Hall–Kier alpha value is -1.01. The van der Waals surface area contributed by atoms with Crippen molar-refractivity contribution in [3.8, 4) is 0 Å². The topological polar surface area (TPSA) is 20.2 Å². The van der Waals surface area contributed by atoms with Gasteiger partial charge in [0.1, 0.15) is 0 Å². The van der Waals surface area contributed by atoms with E-state index in [1.165, 1.54) is 12.1 Å². The quantitative estimate of drug-likeness (QED) is 0.782. The van der Waals surface area contributed by atoms with E-state index in [1.54, 1.807) is 12.1 Å². The van der Waals surface area contributed by atoms with Crippen LogP contribution in [0.3, 0.4) is 0 Å². The van der Waals surface area contributed by atoms with Gasteiger partial charge in [0.05, 0.1) is 6.10 Å². The summed E-state index contributed by atoms with van der Waals surface area (Å²) >= 11 is 2.22. The summed E-state index contributed by atoms with van der Waals surface area (Å²) in [5.74, 6) is 0. The Bertz CT molecular complexity index is 523. The van der Waals surface area contributed by atoms with Gasteiger partial charge in [-0.25, -0.2) is 8.78 Å². The fourth-order valence-electron chi connectivity index (χ4n) is 1.83. The molecule has 0 heterocycles. The number of benzene rings is 2. The molecule has 0 spiro atoms. The maximum atomic E-state index is 12.4. The third-order valence-electron chi connectivity index (χ3n) is 2.92. The van der Waals surface area contributed by atoms with Crippen molar-refractivity contribution in [1.82, 2.24) is 0 Å². The summed E-state index contributed by atoms with van der Waals surface area (Å²) in [5, 5.41) is 10.1. The molecular weight excluding hydrogens is 361 g/mol. The molecule has 0 aliphatic heterocycles. The largest absolute Gasteiger partial charge is 0.388 e. The summed E-state index contributed by atoms with van der Waals surface area (Å²) in [5.41, 5.74) is 1.65. The van der Waals surface area contributed by atoms with Crippen LogP contribution in [0.1, 0.15) is 29.2 Å². The van der Waals surface area contributed by atoms with Gasteiger partial charge in [-0.2, -0.15) is 0 Å². The molecule has 100 valence electrons. The van der Waals surface area contributed by atoms with Crippen LogP contribution in [0.25, 0.3) is 0 Å². The summed E-state index contributed by atoms with van der Waals surface area (Å²) in [4.78, 5) is 0. The van der Waals surface area contributed by atoms with Gasteiger partial charge in [0.2, 0.25) is 0 Å². The Kier molecular flexibility index (Phi) is 4.87. The lowest BCUT2D eigenvalue weighted by Gasteiger charge is -2.12. The van der Waals surface area contributed by atoms with Crippen molar-refractivity contribution >= 4 is 22.6 Å². The third kappa shape index (κ3) is 3.98. The van der Waals surface area contributed by atoms with Crippen LogP contribution < -0.4 is 0 Å². The smallest absolute Gasteiger partial charge is 0.263 e. The maximum Gasteiger partial charge on any atom is 0.263 e. The normalized spacial score (nSPS) is 12.7. The minimum Gasteiger partial charge on any atom is -0.388 e. The first-order valence-corrected chi connectivity index (χ1v) is 6.94. The van der Waals surface area contributed by atoms with Crippen LogP contribution in [0.15, 0.2) is 48.5 Å². The molecule has 0 radical (unpaired) electrons. The predicted molar refractivity (Wildman–Crippen MR) is 79.2 cm³/mol. The molecule has 1 atom stereocenters. The van der Waals surface area contributed by atoms with E-state index in [9.17, 15) is 13.9 Å². The van der Waals surface area contributed by atoms with Gasteiger partial charge in [-0.3, -0.25) is 0 Å². The van der Waals surface area contributed by atoms with Gasteiger partial charge in [0, 0.05) is 15.6 Å². The van der Waals surface area contributed by atoms with Crippen LogP contribution in [0.4, 0.5) is 8.78 Å². The number of alkyl halides is 2. The lowest BCUT2D eigenvalue weighted by molar-refractivity contribution is 0.151. The van der Waals surface area contributed by atoms with Gasteiger partial charge >= 0.3 is 0 Å². The van der Waals surface area contributed by atoms with Crippen LogP contribution in [-0.4, -0.2) is 5.11 Å². The van der Waals surface area contributed by atoms with Gasteiger partial charge in [-0.05, 0) is 45.9 Å². The van der Waals surface area contributed by atoms with E-state index >= 15 is 0 Å². The molecule has 2 rings (SSSR count). The molecule has 0 saturated carbocycles. The second-order valence-corrected chi connectivity index (χ2v) is 5.56. The van der Waals surface area contributed by atoms with E-state index in [4.69, 9.17) is 0 Å². The Morgan fingerprint density at radius 1 is 0.895 bits per heavy atom. The van der Waals surface area contributed by atoms with E-state index in [2.05, 4.69) is 22.6 Å². The zero-order valence-corrected chi connectivity index (χ0v) is 12.2. The molecule has 1 unspecified atom stereocenters. The van der Waals surface area contributed by atoms with Gasteiger partial charge in [-0.1, -0.05) is 36.4 Å². The van der Waals surface area contributed by atoms with E-state index < -0.39 is 12.5 Å². The highest BCUT2D eigenvalue weighted by Gasteiger charge is 2.11. The standard InChI is InChI=1S/C15H13F2IO/c16-15(17)12-5-3-11(4-6-12)14(19)9-10-1-7-13(18)8-2-10/h1-8,14-15,19H,9H2. The minimum atomic E-state index is -2.47. The molecule has 0 saturated heterocycles. The third-order valence-corrected chi connectivity index (χ3v) is 3.63. The summed E-state index contributed by atoms with van der Waals surface area (Å²) in [6, 6.07) is 13.7. The van der Waals surface area contributed by atoms with E-state index in [1.807, 2.05) is 24.3 Å². The zero-order valence-electron chi connectivity index (χ0n) is 10.1. The maximum absolute atomic E-state index is 12.4. The fraction of sp³-hybridized carbons (Fsp3) is 0.200. The lowest BCUT2D eigenvalue weighted by Crippen LogP contribution is -2.02. The highest BCUT2D eigenvalue weighted by atomic mass is 127. The molecule has 0 fully saturated rings. The van der Waals surface area contributed by atoms with Crippen molar-refractivity contribution in [1.29, 1.82) is 0 Å². The average Bonchev–Trinajstić information content (AvgIpc) is 2.41. The molecule has 0 aromatic heterocycles. The number of aliphatic hydroxyl groups excluding tert-OH is 1. The number of rotatable bonds is 4. The van der Waals surface area contributed by atoms with Crippen LogP contribution >= 0.6 is 22.6 Å². The Balaban J connectivity index is 2.07. The first-order chi connectivity index (χ1) is 9.06. The molecule has 4 heteroatoms. The molecule has 0 aliphatic carbocycles. The monoisotopic (exact) mass is 374 g/mol. The Labute approximate surface area is 124 Å². The van der Waals surface area contributed by atoms with E-state index in [-0.39, 0.29) is 5.56 Å². The predicted octanol–water partition coefficient (Wildman–Crippen LogP) is 4.50. The second kappa shape index (κ2) is 6.43. The molecule has 0 amide bonds. The first kappa shape index (κ1) is 14.4.